The molecule has 2 aliphatic rings. The van der Waals surface area contributed by atoms with Crippen molar-refractivity contribution < 1.29 is 42.5 Å². The van der Waals surface area contributed by atoms with Crippen molar-refractivity contribution in [1.82, 2.24) is 45.7 Å². The molecule has 0 spiro atoms. The number of ether oxygens (including phenoxy) is 1. The van der Waals surface area contributed by atoms with Gasteiger partial charge in [0, 0.05) is 37.6 Å². The molecular formula is C47H53N9O9S. The number of aryl methyl sites for hydroxylation is 2. The third kappa shape index (κ3) is 9.91. The van der Waals surface area contributed by atoms with Gasteiger partial charge in [0.15, 0.2) is 23.7 Å². The molecule has 3 N–H and O–H groups in total. The highest BCUT2D eigenvalue weighted by molar-refractivity contribution is 7.13. The Hall–Kier alpha value is -6.73. The summed E-state index contributed by atoms with van der Waals surface area (Å²) in [5.41, 5.74) is 6.36. The van der Waals surface area contributed by atoms with E-state index in [0.717, 1.165) is 32.8 Å². The lowest BCUT2D eigenvalue weighted by molar-refractivity contribution is -0.141. The lowest BCUT2D eigenvalue weighted by atomic mass is 9.93. The van der Waals surface area contributed by atoms with E-state index in [1.807, 2.05) is 88.7 Å². The van der Waals surface area contributed by atoms with E-state index in [0.29, 0.717) is 18.0 Å². The number of carbonyl (C=O) groups is 4. The van der Waals surface area contributed by atoms with Gasteiger partial charge in [-0.05, 0) is 55.0 Å². The number of oxazole rings is 1. The molecule has 7 atom stereocenters. The summed E-state index contributed by atoms with van der Waals surface area (Å²) < 4.78 is 22.9. The van der Waals surface area contributed by atoms with E-state index in [2.05, 4.69) is 35.9 Å². The molecule has 0 aliphatic carbocycles. The number of amides is 4. The van der Waals surface area contributed by atoms with Crippen molar-refractivity contribution in [1.29, 1.82) is 0 Å². The number of aliphatic hydroxyl groups is 1. The molecule has 0 radical (unpaired) electrons. The Bertz CT molecular complexity index is 2630. The quantitative estimate of drug-likeness (QED) is 0.103. The molecule has 2 fully saturated rings. The molecule has 6 aromatic rings. The van der Waals surface area contributed by atoms with Crippen molar-refractivity contribution >= 4 is 35.0 Å². The van der Waals surface area contributed by atoms with Gasteiger partial charge in [-0.1, -0.05) is 74.5 Å². The first-order valence-corrected chi connectivity index (χ1v) is 22.9. The number of aliphatic hydroxyl groups excluding tert-OH is 1. The maximum absolute atomic E-state index is 14.4. The number of thiazole rings is 1. The van der Waals surface area contributed by atoms with Gasteiger partial charge in [-0.15, -0.1) is 11.3 Å². The van der Waals surface area contributed by atoms with E-state index < -0.39 is 54.0 Å². The largest absolute Gasteiger partial charge is 0.470 e. The van der Waals surface area contributed by atoms with Crippen LogP contribution in [0.3, 0.4) is 0 Å². The van der Waals surface area contributed by atoms with Crippen LogP contribution in [0.5, 0.6) is 5.88 Å². The molecule has 0 bridgehead atoms. The van der Waals surface area contributed by atoms with Gasteiger partial charge in [0.1, 0.15) is 24.1 Å². The van der Waals surface area contributed by atoms with Gasteiger partial charge in [0.05, 0.1) is 46.9 Å². The maximum atomic E-state index is 14.4. The fraction of sp³-hybridized carbons (Fsp3) is 0.426. The van der Waals surface area contributed by atoms with E-state index in [-0.39, 0.29) is 67.7 Å². The molecule has 4 aromatic heterocycles. The average molecular weight is 920 g/mol. The van der Waals surface area contributed by atoms with Crippen molar-refractivity contribution in [2.45, 2.75) is 110 Å². The summed E-state index contributed by atoms with van der Waals surface area (Å²) in [5, 5.41) is 24.8. The Morgan fingerprint density at radius 2 is 1.64 bits per heavy atom. The summed E-state index contributed by atoms with van der Waals surface area (Å²) in [6.07, 6.45) is 1.91. The third-order valence-electron chi connectivity index (χ3n) is 12.2. The first-order chi connectivity index (χ1) is 31.8. The third-order valence-corrected chi connectivity index (χ3v) is 13.2. The number of rotatable bonds is 16. The maximum Gasteiger partial charge on any atom is 0.254 e. The zero-order chi connectivity index (χ0) is 46.6. The van der Waals surface area contributed by atoms with Crippen LogP contribution in [0.4, 0.5) is 0 Å². The van der Waals surface area contributed by atoms with Gasteiger partial charge in [0.2, 0.25) is 29.5 Å². The van der Waals surface area contributed by atoms with Crippen LogP contribution in [0, 0.1) is 19.8 Å². The summed E-state index contributed by atoms with van der Waals surface area (Å²) >= 11 is 1.57. The molecule has 66 heavy (non-hydrogen) atoms. The standard InChI is InChI=1S/C47H53N9O9S/c1-7-35(46(60)55-21-33(57)16-36(55)44(59)51-26(4)30-12-14-31(15-13-30)39-20-48-23-62-39)38-18-40(54-64-38)63-34-17-37(56(22-34)47(61)41(25(2)3)45-52-28(6)53-65-45)43(58)49-19-29-8-10-32(11-9-29)42-27(5)50-24-66-42/h8-15,18,20,23-26,33-37,41,57H,7,16-17,19,21-22H2,1-6H3,(H,49,58)(H,51,59)/t26-,33+,34+,35+,36-,37-,41+/m0/s1. The molecule has 2 aromatic carbocycles. The smallest absolute Gasteiger partial charge is 0.254 e. The number of nitrogens with zero attached hydrogens (tertiary/aromatic N) is 7. The molecule has 0 unspecified atom stereocenters. The molecule has 2 aliphatic heterocycles. The van der Waals surface area contributed by atoms with Crippen molar-refractivity contribution in [3.63, 3.8) is 0 Å². The van der Waals surface area contributed by atoms with Crippen molar-refractivity contribution in [3.8, 4) is 27.6 Å². The number of hydrogen-bond donors (Lipinski definition) is 3. The predicted molar refractivity (Wildman–Crippen MR) is 239 cm³/mol. The molecule has 346 valence electrons. The number of likely N-dealkylation sites (tertiary alicyclic amines) is 2. The number of benzene rings is 2. The number of aromatic nitrogens is 5. The zero-order valence-corrected chi connectivity index (χ0v) is 38.4. The second kappa shape index (κ2) is 19.8. The van der Waals surface area contributed by atoms with E-state index in [9.17, 15) is 24.3 Å². The van der Waals surface area contributed by atoms with Crippen molar-refractivity contribution in [2.75, 3.05) is 13.1 Å². The molecule has 6 heterocycles. The van der Waals surface area contributed by atoms with Crippen LogP contribution in [0.2, 0.25) is 0 Å². The number of β-amino-alcohol motifs (C(OH)–C–C–N with tert-alkyl or cyclic N) is 1. The first kappa shape index (κ1) is 45.8. The first-order valence-electron chi connectivity index (χ1n) is 22.1. The fourth-order valence-electron chi connectivity index (χ4n) is 8.68. The Balaban J connectivity index is 0.939. The summed E-state index contributed by atoms with van der Waals surface area (Å²) in [5.74, 6) is -1.96. The van der Waals surface area contributed by atoms with Gasteiger partial charge in [-0.2, -0.15) is 4.98 Å². The molecule has 18 nitrogen and oxygen atoms in total. The minimum absolute atomic E-state index is 0.0288. The second-order valence-corrected chi connectivity index (χ2v) is 18.1. The van der Waals surface area contributed by atoms with Gasteiger partial charge in [-0.3, -0.25) is 19.2 Å². The van der Waals surface area contributed by atoms with Gasteiger partial charge in [0.25, 0.3) is 5.88 Å². The van der Waals surface area contributed by atoms with Crippen molar-refractivity contribution in [2.24, 2.45) is 5.92 Å². The molecule has 2 saturated heterocycles. The van der Waals surface area contributed by atoms with Crippen LogP contribution in [0.25, 0.3) is 21.8 Å². The van der Waals surface area contributed by atoms with Crippen LogP contribution in [-0.4, -0.2) is 101 Å². The van der Waals surface area contributed by atoms with Crippen LogP contribution in [0.1, 0.15) is 99.1 Å². The van der Waals surface area contributed by atoms with Crippen LogP contribution in [-0.2, 0) is 25.7 Å². The summed E-state index contributed by atoms with van der Waals surface area (Å²) in [7, 11) is 0. The Kier molecular flexibility index (Phi) is 13.7. The molecule has 4 amide bonds. The number of hydrogen-bond acceptors (Lipinski definition) is 15. The van der Waals surface area contributed by atoms with Crippen LogP contribution in [0.15, 0.2) is 86.2 Å². The molecule has 19 heteroatoms. The average Bonchev–Trinajstić information content (AvgIpc) is 4.18. The second-order valence-electron chi connectivity index (χ2n) is 17.2. The highest BCUT2D eigenvalue weighted by Crippen LogP contribution is 2.34. The van der Waals surface area contributed by atoms with E-state index in [1.165, 1.54) is 22.3 Å². The van der Waals surface area contributed by atoms with E-state index >= 15 is 0 Å². The minimum atomic E-state index is -0.917. The van der Waals surface area contributed by atoms with Gasteiger partial charge in [-0.25, -0.2) is 9.97 Å². The highest BCUT2D eigenvalue weighted by atomic mass is 32.1. The lowest BCUT2D eigenvalue weighted by Gasteiger charge is -2.28. The summed E-state index contributed by atoms with van der Waals surface area (Å²) in [6, 6.07) is 14.7. The monoisotopic (exact) mass is 919 g/mol. The SMILES string of the molecule is CC[C@@H](C(=O)N1C[C@H](O)C[C@H]1C(=O)N[C@@H](C)c1ccc(-c2cnco2)cc1)c1cc(O[C@@H]2C[C@@H](C(=O)NCc3ccc(-c4scnc4C)cc3)N(C(=O)[C@@H](c3nc(C)no3)C(C)C)C2)no1. The molecular weight excluding hydrogens is 867 g/mol. The highest BCUT2D eigenvalue weighted by Gasteiger charge is 2.46. The molecule has 0 saturated carbocycles. The van der Waals surface area contributed by atoms with E-state index in [1.54, 1.807) is 24.5 Å². The normalized spacial score (nSPS) is 19.8. The fourth-order valence-corrected chi connectivity index (χ4v) is 9.49. The summed E-state index contributed by atoms with van der Waals surface area (Å²) in [4.78, 5) is 73.0. The van der Waals surface area contributed by atoms with Gasteiger partial charge < -0.3 is 43.7 Å². The number of nitrogens with one attached hydrogen (secondary N) is 2. The Labute approximate surface area is 385 Å². The van der Waals surface area contributed by atoms with Crippen molar-refractivity contribution in [3.05, 3.63) is 107 Å². The summed E-state index contributed by atoms with van der Waals surface area (Å²) in [6.45, 7) is 11.3. The van der Waals surface area contributed by atoms with Gasteiger partial charge >= 0.3 is 0 Å². The minimum Gasteiger partial charge on any atom is -0.470 e. The van der Waals surface area contributed by atoms with E-state index in [4.69, 9.17) is 18.2 Å². The zero-order valence-electron chi connectivity index (χ0n) is 37.5. The lowest BCUT2D eigenvalue weighted by Crippen LogP contribution is -2.48. The topological polar surface area (TPSA) is 232 Å². The van der Waals surface area contributed by atoms with Crippen LogP contribution >= 0.6 is 11.3 Å². The number of carbonyl (C=O) groups excluding carboxylic acids is 4. The molecule has 8 rings (SSSR count). The Morgan fingerprint density at radius 1 is 0.909 bits per heavy atom. The van der Waals surface area contributed by atoms with Crippen LogP contribution < -0.4 is 15.4 Å². The Morgan fingerprint density at radius 3 is 2.29 bits per heavy atom. The predicted octanol–water partition coefficient (Wildman–Crippen LogP) is 5.89.